The lowest BCUT2D eigenvalue weighted by Gasteiger charge is -2.12. The van der Waals surface area contributed by atoms with Gasteiger partial charge in [-0.2, -0.15) is 14.5 Å². The lowest BCUT2D eigenvalue weighted by molar-refractivity contribution is 0.316. The molecule has 0 saturated heterocycles. The van der Waals surface area contributed by atoms with Crippen molar-refractivity contribution in [1.29, 1.82) is 0 Å². The van der Waals surface area contributed by atoms with E-state index < -0.39 is 5.82 Å². The molecule has 2 aromatic heterocycles. The Hall–Kier alpha value is -3.07. The van der Waals surface area contributed by atoms with Crippen LogP contribution in [0.3, 0.4) is 0 Å². The fourth-order valence-corrected chi connectivity index (χ4v) is 1.98. The van der Waals surface area contributed by atoms with Crippen LogP contribution in [0.1, 0.15) is 12.5 Å². The van der Waals surface area contributed by atoms with Crippen LogP contribution in [0.15, 0.2) is 42.2 Å². The van der Waals surface area contributed by atoms with Crippen LogP contribution >= 0.6 is 11.6 Å². The minimum Gasteiger partial charge on any atom is -0.490 e. The Morgan fingerprint density at radius 1 is 1.28 bits per heavy atom. The first kappa shape index (κ1) is 16.8. The van der Waals surface area contributed by atoms with Gasteiger partial charge in [-0.1, -0.05) is 0 Å². The molecule has 0 unspecified atom stereocenters. The molecule has 0 aliphatic heterocycles. The Balaban J connectivity index is 1.87. The number of ether oxygens (including phenoxy) is 2. The maximum Gasteiger partial charge on any atom is 0.260 e. The van der Waals surface area contributed by atoms with Gasteiger partial charge in [0.2, 0.25) is 11.1 Å². The van der Waals surface area contributed by atoms with Gasteiger partial charge in [-0.05, 0) is 42.3 Å². The first-order valence-electron chi connectivity index (χ1n) is 7.17. The molecule has 0 N–H and O–H groups in total. The van der Waals surface area contributed by atoms with Crippen molar-refractivity contribution >= 4 is 17.8 Å². The summed E-state index contributed by atoms with van der Waals surface area (Å²) < 4.78 is 26.2. The maximum atomic E-state index is 13.7. The molecule has 0 saturated carbocycles. The van der Waals surface area contributed by atoms with Gasteiger partial charge in [-0.15, -0.1) is 10.2 Å². The van der Waals surface area contributed by atoms with E-state index in [1.54, 1.807) is 24.4 Å². The third-order valence-electron chi connectivity index (χ3n) is 2.90. The summed E-state index contributed by atoms with van der Waals surface area (Å²) >= 11 is 5.67. The zero-order valence-corrected chi connectivity index (χ0v) is 13.8. The zero-order valence-electron chi connectivity index (χ0n) is 13.0. The number of hydrogen-bond acceptors (Lipinski definition) is 7. The van der Waals surface area contributed by atoms with Crippen LogP contribution in [-0.4, -0.2) is 37.7 Å². The Bertz CT molecular complexity index is 888. The lowest BCUT2D eigenvalue weighted by atomic mass is 10.2. The monoisotopic (exact) mass is 362 g/mol. The van der Waals surface area contributed by atoms with Gasteiger partial charge in [0.15, 0.2) is 11.5 Å². The first-order chi connectivity index (χ1) is 12.2. The van der Waals surface area contributed by atoms with Crippen molar-refractivity contribution in [2.75, 3.05) is 6.61 Å². The molecule has 0 spiro atoms. The molecule has 0 bridgehead atoms. The number of aromatic nitrogens is 5. The van der Waals surface area contributed by atoms with Gasteiger partial charge in [0.25, 0.3) is 5.88 Å². The van der Waals surface area contributed by atoms with E-state index in [2.05, 4.69) is 25.3 Å². The average molecular weight is 363 g/mol. The maximum absolute atomic E-state index is 13.7. The van der Waals surface area contributed by atoms with E-state index in [-0.39, 0.29) is 16.9 Å². The van der Waals surface area contributed by atoms with Crippen LogP contribution in [-0.2, 0) is 0 Å². The van der Waals surface area contributed by atoms with E-state index in [1.165, 1.54) is 17.3 Å². The van der Waals surface area contributed by atoms with Crippen molar-refractivity contribution in [2.45, 2.75) is 6.92 Å². The first-order valence-corrected chi connectivity index (χ1v) is 7.55. The Labute approximate surface area is 146 Å². The second kappa shape index (κ2) is 7.67. The van der Waals surface area contributed by atoms with Crippen LogP contribution in [0, 0.1) is 5.82 Å². The number of halogens is 2. The van der Waals surface area contributed by atoms with Crippen molar-refractivity contribution in [1.82, 2.24) is 24.8 Å². The molecule has 0 fully saturated rings. The summed E-state index contributed by atoms with van der Waals surface area (Å²) in [6.07, 6.45) is 5.45. The van der Waals surface area contributed by atoms with E-state index in [0.29, 0.717) is 12.4 Å². The summed E-state index contributed by atoms with van der Waals surface area (Å²) in [5.41, 5.74) is 0.741. The predicted molar refractivity (Wildman–Crippen MR) is 87.7 cm³/mol. The molecule has 1 aromatic carbocycles. The minimum atomic E-state index is -0.731. The molecule has 0 radical (unpaired) electrons. The van der Waals surface area contributed by atoms with Crippen LogP contribution in [0.5, 0.6) is 17.4 Å². The van der Waals surface area contributed by atoms with Crippen LogP contribution in [0.4, 0.5) is 4.39 Å². The summed E-state index contributed by atoms with van der Waals surface area (Å²) in [4.78, 5) is 7.26. The molecule has 0 aliphatic carbocycles. The number of hydrogen-bond donors (Lipinski definition) is 0. The summed E-state index contributed by atoms with van der Waals surface area (Å²) in [6.45, 7) is 2.22. The van der Waals surface area contributed by atoms with Gasteiger partial charge in [-0.3, -0.25) is 0 Å². The van der Waals surface area contributed by atoms with Crippen molar-refractivity contribution in [3.8, 4) is 17.4 Å². The van der Waals surface area contributed by atoms with Crippen LogP contribution in [0.25, 0.3) is 0 Å². The van der Waals surface area contributed by atoms with Crippen molar-refractivity contribution < 1.29 is 13.9 Å². The summed E-state index contributed by atoms with van der Waals surface area (Å²) in [5.74, 6) is -0.321. The van der Waals surface area contributed by atoms with Gasteiger partial charge in [0.1, 0.15) is 12.7 Å². The molecule has 3 rings (SSSR count). The standard InChI is InChI=1S/C15H12ClFN6O2/c1-2-24-13-5-10(6-21-23-8-19-20-9-23)3-4-12(13)25-14-11(17)7-18-15(16)22-14/h3-9H,2H2,1H3/b21-6-. The Kier molecular flexibility index (Phi) is 5.14. The largest absolute Gasteiger partial charge is 0.490 e. The van der Waals surface area contributed by atoms with Crippen molar-refractivity contribution in [3.05, 3.63) is 53.7 Å². The highest BCUT2D eigenvalue weighted by Crippen LogP contribution is 2.32. The molecular formula is C15H12ClFN6O2. The summed E-state index contributed by atoms with van der Waals surface area (Å²) in [7, 11) is 0. The second-order valence-corrected chi connectivity index (χ2v) is 4.96. The molecule has 25 heavy (non-hydrogen) atoms. The molecule has 3 aromatic rings. The third-order valence-corrected chi connectivity index (χ3v) is 3.09. The number of nitrogens with zero attached hydrogens (tertiary/aromatic N) is 6. The highest BCUT2D eigenvalue weighted by atomic mass is 35.5. The zero-order chi connectivity index (χ0) is 17.6. The van der Waals surface area contributed by atoms with Gasteiger partial charge in [-0.25, -0.2) is 9.66 Å². The molecule has 0 aliphatic rings. The molecule has 8 nitrogen and oxygen atoms in total. The van der Waals surface area contributed by atoms with E-state index >= 15 is 0 Å². The molecule has 128 valence electrons. The highest BCUT2D eigenvalue weighted by molar-refractivity contribution is 6.28. The Morgan fingerprint density at radius 3 is 2.84 bits per heavy atom. The quantitative estimate of drug-likeness (QED) is 0.495. The van der Waals surface area contributed by atoms with Gasteiger partial charge in [0, 0.05) is 0 Å². The van der Waals surface area contributed by atoms with E-state index in [1.807, 2.05) is 6.92 Å². The summed E-state index contributed by atoms with van der Waals surface area (Å²) in [5, 5.41) is 11.3. The summed E-state index contributed by atoms with van der Waals surface area (Å²) in [6, 6.07) is 5.05. The third kappa shape index (κ3) is 4.27. The molecule has 10 heteroatoms. The van der Waals surface area contributed by atoms with E-state index in [0.717, 1.165) is 11.8 Å². The smallest absolute Gasteiger partial charge is 0.260 e. The van der Waals surface area contributed by atoms with Gasteiger partial charge in [0.05, 0.1) is 19.0 Å². The molecule has 0 amide bonds. The average Bonchev–Trinajstić information content (AvgIpc) is 3.12. The lowest BCUT2D eigenvalue weighted by Crippen LogP contribution is -1.99. The van der Waals surface area contributed by atoms with Crippen molar-refractivity contribution in [2.24, 2.45) is 5.10 Å². The fraction of sp³-hybridized carbons (Fsp3) is 0.133. The SMILES string of the molecule is CCOc1cc(/C=N\n2cnnc2)ccc1Oc1nc(Cl)ncc1F. The van der Waals surface area contributed by atoms with E-state index in [9.17, 15) is 4.39 Å². The fourth-order valence-electron chi connectivity index (χ4n) is 1.85. The number of rotatable bonds is 6. The highest BCUT2D eigenvalue weighted by Gasteiger charge is 2.13. The predicted octanol–water partition coefficient (Wildman–Crippen LogP) is 2.93. The number of benzene rings is 1. The van der Waals surface area contributed by atoms with Crippen LogP contribution < -0.4 is 9.47 Å². The second-order valence-electron chi connectivity index (χ2n) is 4.62. The van der Waals surface area contributed by atoms with Gasteiger partial charge >= 0.3 is 0 Å². The van der Waals surface area contributed by atoms with Gasteiger partial charge < -0.3 is 9.47 Å². The molecule has 2 heterocycles. The minimum absolute atomic E-state index is 0.118. The topological polar surface area (TPSA) is 87.3 Å². The Morgan fingerprint density at radius 2 is 2.08 bits per heavy atom. The van der Waals surface area contributed by atoms with Crippen LogP contribution in [0.2, 0.25) is 5.28 Å². The normalized spacial score (nSPS) is 11.0. The van der Waals surface area contributed by atoms with E-state index in [4.69, 9.17) is 21.1 Å². The molecular weight excluding hydrogens is 351 g/mol. The van der Waals surface area contributed by atoms with Crippen molar-refractivity contribution in [3.63, 3.8) is 0 Å². The molecule has 0 atom stereocenters.